The molecule has 0 saturated carbocycles. The van der Waals surface area contributed by atoms with Crippen LogP contribution in [0.5, 0.6) is 0 Å². The molecule has 0 unspecified atom stereocenters. The standard InChI is InChI=1S/C22H29N5O4/c1-13(2)8-19(28)27-14(3)11-25(21(30)31)18-9-15(6-7-17(18)27)16-10-24-26(12-16)22(4,5)20(23)29/h6-7,9-10,12-14H,8,11H2,1-5H3,(H2,23,29)(H,30,31)/t14-/m0/s1. The molecule has 0 saturated heterocycles. The van der Waals surface area contributed by atoms with Crippen LogP contribution in [0.2, 0.25) is 0 Å². The first-order valence-corrected chi connectivity index (χ1v) is 10.3. The smallest absolute Gasteiger partial charge is 0.411 e. The molecule has 9 nitrogen and oxygen atoms in total. The average molecular weight is 428 g/mol. The van der Waals surface area contributed by atoms with Gasteiger partial charge in [-0.1, -0.05) is 19.9 Å². The number of anilines is 2. The zero-order chi connectivity index (χ0) is 23.1. The van der Waals surface area contributed by atoms with Crippen molar-refractivity contribution in [3.63, 3.8) is 0 Å². The van der Waals surface area contributed by atoms with Crippen molar-refractivity contribution in [1.29, 1.82) is 0 Å². The first kappa shape index (κ1) is 22.3. The number of hydrogen-bond acceptors (Lipinski definition) is 4. The molecule has 166 valence electrons. The summed E-state index contributed by atoms with van der Waals surface area (Å²) >= 11 is 0. The van der Waals surface area contributed by atoms with Crippen LogP contribution in [0.25, 0.3) is 11.1 Å². The Balaban J connectivity index is 2.06. The van der Waals surface area contributed by atoms with Gasteiger partial charge in [0.25, 0.3) is 0 Å². The molecule has 2 aromatic rings. The SMILES string of the molecule is CC(C)CC(=O)N1c2ccc(-c3cnn(C(C)(C)C(N)=O)c3)cc2N(C(=O)O)C[C@@H]1C. The molecule has 0 spiro atoms. The minimum absolute atomic E-state index is 0.0300. The number of carbonyl (C=O) groups is 3. The van der Waals surface area contributed by atoms with Crippen LogP contribution in [0, 0.1) is 5.92 Å². The maximum Gasteiger partial charge on any atom is 0.411 e. The number of amides is 3. The molecule has 9 heteroatoms. The lowest BCUT2D eigenvalue weighted by molar-refractivity contribution is -0.125. The van der Waals surface area contributed by atoms with Crippen LogP contribution >= 0.6 is 0 Å². The molecule has 1 aromatic heterocycles. The van der Waals surface area contributed by atoms with E-state index in [1.807, 2.05) is 26.8 Å². The number of carbonyl (C=O) groups excluding carboxylic acids is 2. The van der Waals surface area contributed by atoms with Crippen molar-refractivity contribution in [3.05, 3.63) is 30.6 Å². The molecule has 3 N–H and O–H groups in total. The van der Waals surface area contributed by atoms with Gasteiger partial charge in [-0.2, -0.15) is 5.10 Å². The van der Waals surface area contributed by atoms with Gasteiger partial charge in [-0.05, 0) is 44.4 Å². The zero-order valence-corrected chi connectivity index (χ0v) is 18.5. The summed E-state index contributed by atoms with van der Waals surface area (Å²) in [6.07, 6.45) is 2.61. The second kappa shape index (κ2) is 8.05. The Kier molecular flexibility index (Phi) is 5.80. The van der Waals surface area contributed by atoms with E-state index in [4.69, 9.17) is 5.73 Å². The highest BCUT2D eigenvalue weighted by Gasteiger charge is 2.35. The highest BCUT2D eigenvalue weighted by molar-refractivity contribution is 6.03. The van der Waals surface area contributed by atoms with Crippen LogP contribution in [0.4, 0.5) is 16.2 Å². The molecule has 1 aromatic carbocycles. The molecular formula is C22H29N5O4. The van der Waals surface area contributed by atoms with Gasteiger partial charge in [0.15, 0.2) is 0 Å². The van der Waals surface area contributed by atoms with Gasteiger partial charge in [0.1, 0.15) is 5.54 Å². The maximum absolute atomic E-state index is 12.9. The number of fused-ring (bicyclic) bond motifs is 1. The van der Waals surface area contributed by atoms with Gasteiger partial charge in [0, 0.05) is 24.7 Å². The van der Waals surface area contributed by atoms with Gasteiger partial charge in [-0.25, -0.2) is 4.79 Å². The van der Waals surface area contributed by atoms with Crippen molar-refractivity contribution < 1.29 is 19.5 Å². The summed E-state index contributed by atoms with van der Waals surface area (Å²) in [7, 11) is 0. The van der Waals surface area contributed by atoms with Crippen molar-refractivity contribution in [1.82, 2.24) is 9.78 Å². The topological polar surface area (TPSA) is 122 Å². The number of hydrogen-bond donors (Lipinski definition) is 2. The fourth-order valence-electron chi connectivity index (χ4n) is 3.70. The predicted octanol–water partition coefficient (Wildman–Crippen LogP) is 3.04. The highest BCUT2D eigenvalue weighted by atomic mass is 16.4. The largest absolute Gasteiger partial charge is 0.465 e. The van der Waals surface area contributed by atoms with Gasteiger partial charge >= 0.3 is 6.09 Å². The van der Waals surface area contributed by atoms with E-state index in [0.29, 0.717) is 23.4 Å². The summed E-state index contributed by atoms with van der Waals surface area (Å²) in [5, 5.41) is 14.0. The average Bonchev–Trinajstić information content (AvgIpc) is 3.17. The predicted molar refractivity (Wildman–Crippen MR) is 118 cm³/mol. The number of benzene rings is 1. The number of primary amides is 1. The van der Waals surface area contributed by atoms with Gasteiger partial charge in [0.05, 0.1) is 23.6 Å². The van der Waals surface area contributed by atoms with E-state index < -0.39 is 17.5 Å². The lowest BCUT2D eigenvalue weighted by Crippen LogP contribution is -2.51. The number of carboxylic acid groups (broad SMARTS) is 1. The van der Waals surface area contributed by atoms with Crippen molar-refractivity contribution >= 4 is 29.3 Å². The Morgan fingerprint density at radius 1 is 1.23 bits per heavy atom. The molecule has 1 atom stereocenters. The molecule has 2 heterocycles. The molecule has 1 aliphatic rings. The van der Waals surface area contributed by atoms with Crippen LogP contribution < -0.4 is 15.5 Å². The third-order valence-corrected chi connectivity index (χ3v) is 5.59. The van der Waals surface area contributed by atoms with Crippen LogP contribution in [0.15, 0.2) is 30.6 Å². The Morgan fingerprint density at radius 2 is 1.90 bits per heavy atom. The van der Waals surface area contributed by atoms with Crippen LogP contribution in [0.1, 0.15) is 41.0 Å². The molecule has 3 amide bonds. The van der Waals surface area contributed by atoms with E-state index in [0.717, 1.165) is 5.56 Å². The van der Waals surface area contributed by atoms with E-state index in [1.54, 1.807) is 43.3 Å². The quantitative estimate of drug-likeness (QED) is 0.759. The first-order valence-electron chi connectivity index (χ1n) is 10.3. The van der Waals surface area contributed by atoms with Crippen LogP contribution in [0.3, 0.4) is 0 Å². The first-order chi connectivity index (χ1) is 14.4. The lowest BCUT2D eigenvalue weighted by atomic mass is 10.0. The van der Waals surface area contributed by atoms with Crippen molar-refractivity contribution in [2.24, 2.45) is 11.7 Å². The second-order valence-corrected chi connectivity index (χ2v) is 8.90. The van der Waals surface area contributed by atoms with E-state index in [2.05, 4.69) is 5.10 Å². The Morgan fingerprint density at radius 3 is 2.48 bits per heavy atom. The van der Waals surface area contributed by atoms with E-state index in [1.165, 1.54) is 9.58 Å². The molecule has 31 heavy (non-hydrogen) atoms. The van der Waals surface area contributed by atoms with Crippen LogP contribution in [-0.4, -0.2) is 45.4 Å². The van der Waals surface area contributed by atoms with Crippen molar-refractivity contribution in [3.8, 4) is 11.1 Å². The van der Waals surface area contributed by atoms with Gasteiger partial charge in [0.2, 0.25) is 11.8 Å². The Labute approximate surface area is 181 Å². The number of aromatic nitrogens is 2. The summed E-state index contributed by atoms with van der Waals surface area (Å²) in [4.78, 5) is 39.5. The van der Waals surface area contributed by atoms with Crippen molar-refractivity contribution in [2.45, 2.75) is 52.6 Å². The molecule has 0 aliphatic carbocycles. The molecule has 0 fully saturated rings. The van der Waals surface area contributed by atoms with Crippen LogP contribution in [-0.2, 0) is 15.1 Å². The fourth-order valence-corrected chi connectivity index (χ4v) is 3.70. The van der Waals surface area contributed by atoms with E-state index in [-0.39, 0.29) is 24.4 Å². The summed E-state index contributed by atoms with van der Waals surface area (Å²) in [5.74, 6) is -0.352. The Bertz CT molecular complexity index is 1030. The fraction of sp³-hybridized carbons (Fsp3) is 0.455. The third-order valence-electron chi connectivity index (χ3n) is 5.59. The van der Waals surface area contributed by atoms with E-state index in [9.17, 15) is 19.5 Å². The maximum atomic E-state index is 12.9. The minimum Gasteiger partial charge on any atom is -0.465 e. The molecule has 0 radical (unpaired) electrons. The van der Waals surface area contributed by atoms with Gasteiger partial charge in [-0.15, -0.1) is 0 Å². The number of nitrogens with zero attached hydrogens (tertiary/aromatic N) is 4. The van der Waals surface area contributed by atoms with E-state index >= 15 is 0 Å². The molecule has 0 bridgehead atoms. The summed E-state index contributed by atoms with van der Waals surface area (Å²) in [6, 6.07) is 5.06. The monoisotopic (exact) mass is 427 g/mol. The highest BCUT2D eigenvalue weighted by Crippen LogP contribution is 2.39. The molecule has 1 aliphatic heterocycles. The Hall–Kier alpha value is -3.36. The third kappa shape index (κ3) is 4.12. The number of nitrogens with two attached hydrogens (primary N) is 1. The summed E-state index contributed by atoms with van der Waals surface area (Å²) in [5.41, 5.74) is 6.92. The number of rotatable bonds is 5. The summed E-state index contributed by atoms with van der Waals surface area (Å²) in [6.45, 7) is 9.33. The normalized spacial score (nSPS) is 16.4. The second-order valence-electron chi connectivity index (χ2n) is 8.90. The van der Waals surface area contributed by atoms with Gasteiger partial charge in [-0.3, -0.25) is 19.2 Å². The lowest BCUT2D eigenvalue weighted by Gasteiger charge is -2.40. The molecular weight excluding hydrogens is 398 g/mol. The zero-order valence-electron chi connectivity index (χ0n) is 18.5. The van der Waals surface area contributed by atoms with Crippen molar-refractivity contribution in [2.75, 3.05) is 16.3 Å². The molecule has 3 rings (SSSR count). The van der Waals surface area contributed by atoms with Gasteiger partial charge < -0.3 is 15.7 Å². The summed E-state index contributed by atoms with van der Waals surface area (Å²) < 4.78 is 1.49. The minimum atomic E-state index is -1.08.